The zero-order chi connectivity index (χ0) is 11.5. The van der Waals surface area contributed by atoms with E-state index in [0.29, 0.717) is 19.8 Å². The van der Waals surface area contributed by atoms with Gasteiger partial charge in [-0.25, -0.2) is 0 Å². The van der Waals surface area contributed by atoms with Crippen molar-refractivity contribution in [3.63, 3.8) is 0 Å². The second-order valence-corrected chi connectivity index (χ2v) is 3.07. The van der Waals surface area contributed by atoms with Crippen molar-refractivity contribution in [3.05, 3.63) is 37.5 Å². The molecule has 3 nitrogen and oxygen atoms in total. The SMILES string of the molecule is C=CC(=C)CCCOCCNC(=O)C=C. The van der Waals surface area contributed by atoms with E-state index in [1.165, 1.54) is 6.08 Å². The van der Waals surface area contributed by atoms with Crippen LogP contribution in [0.4, 0.5) is 0 Å². The highest BCUT2D eigenvalue weighted by molar-refractivity contribution is 5.86. The van der Waals surface area contributed by atoms with E-state index in [4.69, 9.17) is 4.74 Å². The molecule has 0 unspecified atom stereocenters. The van der Waals surface area contributed by atoms with E-state index in [1.54, 1.807) is 6.08 Å². The molecular weight excluding hydrogens is 190 g/mol. The number of hydrogen-bond acceptors (Lipinski definition) is 2. The maximum absolute atomic E-state index is 10.7. The van der Waals surface area contributed by atoms with Gasteiger partial charge in [-0.05, 0) is 18.9 Å². The van der Waals surface area contributed by atoms with Crippen LogP contribution in [0, 0.1) is 0 Å². The normalized spacial score (nSPS) is 9.33. The number of ether oxygens (including phenoxy) is 1. The first-order chi connectivity index (χ1) is 7.20. The summed E-state index contributed by atoms with van der Waals surface area (Å²) in [7, 11) is 0. The highest BCUT2D eigenvalue weighted by atomic mass is 16.5. The Hall–Kier alpha value is -1.35. The van der Waals surface area contributed by atoms with Crippen LogP contribution in [0.2, 0.25) is 0 Å². The molecule has 0 fully saturated rings. The van der Waals surface area contributed by atoms with Crippen LogP contribution in [0.25, 0.3) is 0 Å². The van der Waals surface area contributed by atoms with E-state index in [9.17, 15) is 4.79 Å². The minimum Gasteiger partial charge on any atom is -0.380 e. The summed E-state index contributed by atoms with van der Waals surface area (Å²) in [5.74, 6) is -0.168. The first kappa shape index (κ1) is 13.7. The lowest BCUT2D eigenvalue weighted by atomic mass is 10.2. The predicted octanol–water partition coefficient (Wildman–Crippen LogP) is 1.83. The van der Waals surface area contributed by atoms with Gasteiger partial charge in [0.05, 0.1) is 6.61 Å². The molecule has 0 radical (unpaired) electrons. The molecule has 3 heteroatoms. The summed E-state index contributed by atoms with van der Waals surface area (Å²) in [6.45, 7) is 12.5. The van der Waals surface area contributed by atoms with E-state index >= 15 is 0 Å². The molecule has 0 rings (SSSR count). The molecule has 1 N–H and O–H groups in total. The number of hydrogen-bond donors (Lipinski definition) is 1. The van der Waals surface area contributed by atoms with Crippen LogP contribution in [-0.4, -0.2) is 25.7 Å². The molecule has 0 saturated carbocycles. The lowest BCUT2D eigenvalue weighted by molar-refractivity contribution is -0.116. The van der Waals surface area contributed by atoms with Gasteiger partial charge in [0.2, 0.25) is 5.91 Å². The third-order valence-corrected chi connectivity index (χ3v) is 1.81. The Morgan fingerprint density at radius 3 is 2.60 bits per heavy atom. The van der Waals surface area contributed by atoms with Gasteiger partial charge in [-0.1, -0.05) is 31.4 Å². The molecule has 0 saturated heterocycles. The van der Waals surface area contributed by atoms with E-state index in [1.807, 2.05) is 0 Å². The Morgan fingerprint density at radius 2 is 2.00 bits per heavy atom. The zero-order valence-corrected chi connectivity index (χ0v) is 9.13. The van der Waals surface area contributed by atoms with Crippen LogP contribution in [0.1, 0.15) is 12.8 Å². The van der Waals surface area contributed by atoms with E-state index in [2.05, 4.69) is 25.1 Å². The maximum atomic E-state index is 10.7. The minimum atomic E-state index is -0.168. The fourth-order valence-electron chi connectivity index (χ4n) is 0.924. The van der Waals surface area contributed by atoms with Gasteiger partial charge in [-0.3, -0.25) is 4.79 Å². The Balaban J connectivity index is 3.18. The van der Waals surface area contributed by atoms with E-state index in [-0.39, 0.29) is 5.91 Å². The van der Waals surface area contributed by atoms with Gasteiger partial charge >= 0.3 is 0 Å². The summed E-state index contributed by atoms with van der Waals surface area (Å²) >= 11 is 0. The number of amides is 1. The molecular formula is C12H19NO2. The van der Waals surface area contributed by atoms with Gasteiger partial charge in [0.1, 0.15) is 0 Å². The molecule has 0 aromatic carbocycles. The van der Waals surface area contributed by atoms with Gasteiger partial charge in [0, 0.05) is 13.2 Å². The lowest BCUT2D eigenvalue weighted by Gasteiger charge is -2.04. The maximum Gasteiger partial charge on any atom is 0.243 e. The summed E-state index contributed by atoms with van der Waals surface area (Å²) in [5, 5.41) is 2.63. The molecule has 0 atom stereocenters. The summed E-state index contributed by atoms with van der Waals surface area (Å²) in [4.78, 5) is 10.7. The highest BCUT2D eigenvalue weighted by Crippen LogP contribution is 2.02. The second kappa shape index (κ2) is 9.21. The number of rotatable bonds is 9. The van der Waals surface area contributed by atoms with Gasteiger partial charge in [-0.15, -0.1) is 0 Å². The molecule has 0 heterocycles. The smallest absolute Gasteiger partial charge is 0.243 e. The first-order valence-corrected chi connectivity index (χ1v) is 4.99. The molecule has 0 aliphatic heterocycles. The molecule has 15 heavy (non-hydrogen) atoms. The third-order valence-electron chi connectivity index (χ3n) is 1.81. The quantitative estimate of drug-likeness (QED) is 0.357. The van der Waals surface area contributed by atoms with E-state index in [0.717, 1.165) is 18.4 Å². The van der Waals surface area contributed by atoms with Crippen molar-refractivity contribution in [1.82, 2.24) is 5.32 Å². The lowest BCUT2D eigenvalue weighted by Crippen LogP contribution is -2.25. The van der Waals surface area contributed by atoms with Crippen molar-refractivity contribution in [2.75, 3.05) is 19.8 Å². The van der Waals surface area contributed by atoms with Crippen LogP contribution in [-0.2, 0) is 9.53 Å². The largest absolute Gasteiger partial charge is 0.380 e. The predicted molar refractivity (Wildman–Crippen MR) is 62.6 cm³/mol. The van der Waals surface area contributed by atoms with Crippen LogP contribution in [0.3, 0.4) is 0 Å². The van der Waals surface area contributed by atoms with Crippen LogP contribution in [0.5, 0.6) is 0 Å². The zero-order valence-electron chi connectivity index (χ0n) is 9.13. The van der Waals surface area contributed by atoms with Gasteiger partial charge in [-0.2, -0.15) is 0 Å². The summed E-state index contributed by atoms with van der Waals surface area (Å²) in [5.41, 5.74) is 1.03. The molecule has 0 aliphatic carbocycles. The molecule has 84 valence electrons. The molecule has 0 aromatic rings. The molecule has 0 spiro atoms. The number of carbonyl (C=O) groups is 1. The van der Waals surface area contributed by atoms with Crippen molar-refractivity contribution in [3.8, 4) is 0 Å². The minimum absolute atomic E-state index is 0.168. The number of carbonyl (C=O) groups excluding carboxylic acids is 1. The average Bonchev–Trinajstić information content (AvgIpc) is 2.26. The average molecular weight is 209 g/mol. The topological polar surface area (TPSA) is 38.3 Å². The van der Waals surface area contributed by atoms with Crippen LogP contribution >= 0.6 is 0 Å². The molecule has 0 bridgehead atoms. The van der Waals surface area contributed by atoms with Crippen molar-refractivity contribution < 1.29 is 9.53 Å². The first-order valence-electron chi connectivity index (χ1n) is 4.99. The van der Waals surface area contributed by atoms with Gasteiger partial charge < -0.3 is 10.1 Å². The van der Waals surface area contributed by atoms with Gasteiger partial charge in [0.25, 0.3) is 0 Å². The van der Waals surface area contributed by atoms with Crippen molar-refractivity contribution in [1.29, 1.82) is 0 Å². The highest BCUT2D eigenvalue weighted by Gasteiger charge is 1.93. The Labute approximate surface area is 91.5 Å². The molecule has 0 aromatic heterocycles. The fourth-order valence-corrected chi connectivity index (χ4v) is 0.924. The van der Waals surface area contributed by atoms with Crippen LogP contribution in [0.15, 0.2) is 37.5 Å². The summed E-state index contributed by atoms with van der Waals surface area (Å²) < 4.78 is 5.30. The molecule has 1 amide bonds. The third kappa shape index (κ3) is 8.97. The van der Waals surface area contributed by atoms with Gasteiger partial charge in [0.15, 0.2) is 0 Å². The summed E-state index contributed by atoms with van der Waals surface area (Å²) in [6, 6.07) is 0. The Bertz CT molecular complexity index is 210. The second-order valence-electron chi connectivity index (χ2n) is 3.07. The van der Waals surface area contributed by atoms with Crippen LogP contribution < -0.4 is 5.32 Å². The standard InChI is InChI=1S/C12H19NO2/c1-4-11(3)7-6-9-15-10-8-13-12(14)5-2/h4-5H,1-3,6-10H2,(H,13,14). The monoisotopic (exact) mass is 209 g/mol. The van der Waals surface area contributed by atoms with Crippen molar-refractivity contribution in [2.24, 2.45) is 0 Å². The fraction of sp³-hybridized carbons (Fsp3) is 0.417. The number of nitrogens with one attached hydrogen (secondary N) is 1. The van der Waals surface area contributed by atoms with Crippen molar-refractivity contribution in [2.45, 2.75) is 12.8 Å². The Kier molecular flexibility index (Phi) is 8.39. The number of allylic oxidation sites excluding steroid dienone is 2. The summed E-state index contributed by atoms with van der Waals surface area (Å²) in [6.07, 6.45) is 4.83. The Morgan fingerprint density at radius 1 is 1.27 bits per heavy atom. The van der Waals surface area contributed by atoms with E-state index < -0.39 is 0 Å². The molecule has 0 aliphatic rings. The van der Waals surface area contributed by atoms with Crippen molar-refractivity contribution >= 4 is 5.91 Å².